The van der Waals surface area contributed by atoms with Gasteiger partial charge in [-0.25, -0.2) is 9.48 Å². The lowest BCUT2D eigenvalue weighted by molar-refractivity contribution is 0.0590. The van der Waals surface area contributed by atoms with Gasteiger partial charge in [-0.2, -0.15) is 5.10 Å². The number of hydrogen-bond acceptors (Lipinski definition) is 5. The molecule has 0 saturated carbocycles. The number of esters is 1. The summed E-state index contributed by atoms with van der Waals surface area (Å²) in [6.07, 6.45) is 1.55. The minimum atomic E-state index is -0.767. The molecule has 0 aliphatic carbocycles. The third-order valence-electron chi connectivity index (χ3n) is 2.88. The van der Waals surface area contributed by atoms with Gasteiger partial charge < -0.3 is 9.47 Å². The largest absolute Gasteiger partial charge is 0.497 e. The van der Waals surface area contributed by atoms with Crippen LogP contribution in [0.3, 0.4) is 0 Å². The Morgan fingerprint density at radius 1 is 1.33 bits per heavy atom. The van der Waals surface area contributed by atoms with Crippen molar-refractivity contribution in [3.05, 3.63) is 50.3 Å². The lowest BCUT2D eigenvalue weighted by Gasteiger charge is -2.11. The fraction of sp³-hybridized carbons (Fsp3) is 0.214. The molecule has 0 aliphatic heterocycles. The predicted octanol–water partition coefficient (Wildman–Crippen LogP) is 2.10. The maximum absolute atomic E-state index is 11.9. The van der Waals surface area contributed by atoms with Gasteiger partial charge in [0.25, 0.3) is 0 Å². The van der Waals surface area contributed by atoms with Gasteiger partial charge in [-0.15, -0.1) is 0 Å². The van der Waals surface area contributed by atoms with E-state index >= 15 is 0 Å². The molecule has 2 aromatic rings. The van der Waals surface area contributed by atoms with Gasteiger partial charge in [0.2, 0.25) is 11.1 Å². The topological polar surface area (TPSA) is 70.4 Å². The zero-order chi connectivity index (χ0) is 15.6. The minimum absolute atomic E-state index is 0.257. The smallest absolute Gasteiger partial charge is 0.362 e. The van der Waals surface area contributed by atoms with Crippen molar-refractivity contribution in [2.24, 2.45) is 0 Å². The van der Waals surface area contributed by atoms with Crippen molar-refractivity contribution >= 4 is 21.9 Å². The Morgan fingerprint density at radius 3 is 2.67 bits per heavy atom. The molecule has 0 bridgehead atoms. The second kappa shape index (κ2) is 6.09. The maximum Gasteiger partial charge on any atom is 0.362 e. The minimum Gasteiger partial charge on any atom is -0.497 e. The van der Waals surface area contributed by atoms with Gasteiger partial charge in [0, 0.05) is 22.3 Å². The van der Waals surface area contributed by atoms with Crippen LogP contribution in [-0.4, -0.2) is 30.0 Å². The van der Waals surface area contributed by atoms with E-state index < -0.39 is 11.4 Å². The van der Waals surface area contributed by atoms with Crippen molar-refractivity contribution in [2.75, 3.05) is 14.2 Å². The van der Waals surface area contributed by atoms with E-state index in [9.17, 15) is 9.59 Å². The second-order valence-corrected chi connectivity index (χ2v) is 5.10. The highest BCUT2D eigenvalue weighted by atomic mass is 79.9. The number of methoxy groups -OCH3 is 2. The quantitative estimate of drug-likeness (QED) is 0.791. The summed E-state index contributed by atoms with van der Waals surface area (Å²) in [6.45, 7) is 1.61. The molecule has 2 rings (SSSR count). The molecule has 6 nitrogen and oxygen atoms in total. The van der Waals surface area contributed by atoms with Crippen molar-refractivity contribution in [3.63, 3.8) is 0 Å². The van der Waals surface area contributed by atoms with Crippen molar-refractivity contribution < 1.29 is 14.3 Å². The van der Waals surface area contributed by atoms with E-state index in [1.54, 1.807) is 38.4 Å². The molecule has 0 aliphatic rings. The monoisotopic (exact) mass is 352 g/mol. The van der Waals surface area contributed by atoms with E-state index in [-0.39, 0.29) is 5.69 Å². The summed E-state index contributed by atoms with van der Waals surface area (Å²) in [4.78, 5) is 23.6. The number of benzene rings is 1. The Balaban J connectivity index is 2.68. The van der Waals surface area contributed by atoms with E-state index in [1.165, 1.54) is 11.8 Å². The fourth-order valence-electron chi connectivity index (χ4n) is 1.76. The lowest BCUT2D eigenvalue weighted by atomic mass is 10.2. The molecule has 0 unspecified atom stereocenters. The Bertz CT molecular complexity index is 755. The van der Waals surface area contributed by atoms with E-state index in [0.29, 0.717) is 17.0 Å². The Kier molecular flexibility index (Phi) is 4.42. The number of ether oxygens (including phenoxy) is 2. The highest BCUT2D eigenvalue weighted by molar-refractivity contribution is 9.10. The molecule has 0 saturated heterocycles. The maximum atomic E-state index is 11.9. The molecule has 1 aromatic heterocycles. The van der Waals surface area contributed by atoms with Crippen LogP contribution in [0.5, 0.6) is 5.75 Å². The van der Waals surface area contributed by atoms with Crippen LogP contribution in [-0.2, 0) is 4.74 Å². The number of aryl methyl sites for hydroxylation is 1. The van der Waals surface area contributed by atoms with E-state index in [1.807, 2.05) is 0 Å². The first-order chi connectivity index (χ1) is 9.97. The first-order valence-electron chi connectivity index (χ1n) is 6.00. The summed E-state index contributed by atoms with van der Waals surface area (Å²) in [5.41, 5.74) is 0.326. The van der Waals surface area contributed by atoms with Gasteiger partial charge >= 0.3 is 5.97 Å². The molecule has 0 radical (unpaired) electrons. The molecule has 1 aromatic carbocycles. The van der Waals surface area contributed by atoms with E-state index in [4.69, 9.17) is 4.74 Å². The number of carbonyl (C=O) groups is 1. The molecule has 1 heterocycles. The molecule has 0 spiro atoms. The SMILES string of the molecule is COC(=O)c1nn(-c2cc(OC)ccc2Br)cc(C)c1=O. The van der Waals surface area contributed by atoms with Gasteiger partial charge in [-0.05, 0) is 35.0 Å². The fourth-order valence-corrected chi connectivity index (χ4v) is 2.19. The second-order valence-electron chi connectivity index (χ2n) is 4.24. The number of rotatable bonds is 3. The number of carbonyl (C=O) groups excluding carboxylic acids is 1. The summed E-state index contributed by atoms with van der Waals surface area (Å²) < 4.78 is 11.9. The third kappa shape index (κ3) is 2.97. The molecule has 0 N–H and O–H groups in total. The van der Waals surface area contributed by atoms with Crippen LogP contribution < -0.4 is 10.2 Å². The van der Waals surface area contributed by atoms with Crippen molar-refractivity contribution in [3.8, 4) is 11.4 Å². The average molecular weight is 353 g/mol. The van der Waals surface area contributed by atoms with Gasteiger partial charge in [-0.3, -0.25) is 4.79 Å². The van der Waals surface area contributed by atoms with E-state index in [2.05, 4.69) is 25.8 Å². The zero-order valence-corrected chi connectivity index (χ0v) is 13.3. The molecular weight excluding hydrogens is 340 g/mol. The Labute approximate surface area is 129 Å². The van der Waals surface area contributed by atoms with Crippen molar-refractivity contribution in [2.45, 2.75) is 6.92 Å². The first kappa shape index (κ1) is 15.2. The number of aromatic nitrogens is 2. The summed E-state index contributed by atoms with van der Waals surface area (Å²) in [6, 6.07) is 5.31. The van der Waals surface area contributed by atoms with Crippen molar-refractivity contribution in [1.29, 1.82) is 0 Å². The molecule has 7 heteroatoms. The molecule has 0 amide bonds. The van der Waals surface area contributed by atoms with Gasteiger partial charge in [0.1, 0.15) is 5.75 Å². The van der Waals surface area contributed by atoms with E-state index in [0.717, 1.165) is 4.47 Å². The van der Waals surface area contributed by atoms with Gasteiger partial charge in [-0.1, -0.05) is 0 Å². The highest BCUT2D eigenvalue weighted by Crippen LogP contribution is 2.25. The molecule has 21 heavy (non-hydrogen) atoms. The van der Waals surface area contributed by atoms with Crippen molar-refractivity contribution in [1.82, 2.24) is 9.78 Å². The number of nitrogens with zero attached hydrogens (tertiary/aromatic N) is 2. The zero-order valence-electron chi connectivity index (χ0n) is 11.7. The van der Waals surface area contributed by atoms with Gasteiger partial charge in [0.05, 0.1) is 19.9 Å². The normalized spacial score (nSPS) is 10.3. The standard InChI is InChI=1S/C14H13BrN2O4/c1-8-7-17(16-12(13(8)18)14(19)21-3)11-6-9(20-2)4-5-10(11)15/h4-7H,1-3H3. The molecule has 0 fully saturated rings. The number of halogens is 1. The van der Waals surface area contributed by atoms with Crippen LogP contribution in [0.15, 0.2) is 33.7 Å². The van der Waals surface area contributed by atoms with Crippen LogP contribution in [0.25, 0.3) is 5.69 Å². The van der Waals surface area contributed by atoms with Crippen LogP contribution in [0.4, 0.5) is 0 Å². The summed E-state index contributed by atoms with van der Waals surface area (Å²) >= 11 is 3.41. The number of hydrogen-bond donors (Lipinski definition) is 0. The van der Waals surface area contributed by atoms with Gasteiger partial charge in [0.15, 0.2) is 0 Å². The highest BCUT2D eigenvalue weighted by Gasteiger charge is 2.17. The average Bonchev–Trinajstić information content (AvgIpc) is 2.49. The molecular formula is C14H13BrN2O4. The lowest BCUT2D eigenvalue weighted by Crippen LogP contribution is -2.24. The molecule has 110 valence electrons. The van der Waals surface area contributed by atoms with Crippen LogP contribution in [0.2, 0.25) is 0 Å². The predicted molar refractivity (Wildman–Crippen MR) is 80.2 cm³/mol. The Morgan fingerprint density at radius 2 is 2.05 bits per heavy atom. The summed E-state index contributed by atoms with van der Waals surface area (Å²) in [5.74, 6) is -0.137. The van der Waals surface area contributed by atoms with Crippen LogP contribution in [0, 0.1) is 6.92 Å². The third-order valence-corrected chi connectivity index (χ3v) is 3.55. The summed E-state index contributed by atoms with van der Waals surface area (Å²) in [7, 11) is 2.76. The Hall–Kier alpha value is -2.15. The summed E-state index contributed by atoms with van der Waals surface area (Å²) in [5, 5.41) is 4.05. The van der Waals surface area contributed by atoms with Crippen LogP contribution >= 0.6 is 15.9 Å². The van der Waals surface area contributed by atoms with Crippen LogP contribution in [0.1, 0.15) is 16.1 Å². The molecule has 0 atom stereocenters. The first-order valence-corrected chi connectivity index (χ1v) is 6.80.